The van der Waals surface area contributed by atoms with Gasteiger partial charge in [0.2, 0.25) is 0 Å². The maximum atomic E-state index is 8.06. The van der Waals surface area contributed by atoms with Crippen molar-refractivity contribution in [2.75, 3.05) is 0 Å². The van der Waals surface area contributed by atoms with E-state index in [0.717, 1.165) is 6.61 Å². The van der Waals surface area contributed by atoms with Gasteiger partial charge in [-0.3, -0.25) is 0 Å². The Hall–Kier alpha value is -0.0800. The van der Waals surface area contributed by atoms with Crippen molar-refractivity contribution < 1.29 is 10.2 Å². The van der Waals surface area contributed by atoms with Gasteiger partial charge in [0.05, 0.1) is 6.10 Å². The molecule has 0 aromatic heterocycles. The van der Waals surface area contributed by atoms with Crippen LogP contribution in [0.4, 0.5) is 0 Å². The van der Waals surface area contributed by atoms with Gasteiger partial charge < -0.3 is 10.2 Å². The maximum absolute atomic E-state index is 8.06. The monoisotopic (exact) mass is 75.0 g/mol. The van der Waals surface area contributed by atoms with Crippen LogP contribution >= 0.6 is 0 Å². The molecule has 0 saturated carbocycles. The van der Waals surface area contributed by atoms with Crippen molar-refractivity contribution in [3.8, 4) is 0 Å². The molecule has 2 heteroatoms. The SMILES string of the molecule is C[C@@H](O)[CH]O. The Morgan fingerprint density at radius 1 is 1.80 bits per heavy atom. The first-order valence-electron chi connectivity index (χ1n) is 1.43. The van der Waals surface area contributed by atoms with E-state index in [2.05, 4.69) is 0 Å². The molecule has 0 spiro atoms. The van der Waals surface area contributed by atoms with E-state index < -0.39 is 6.10 Å². The van der Waals surface area contributed by atoms with Crippen molar-refractivity contribution in [1.82, 2.24) is 0 Å². The van der Waals surface area contributed by atoms with Crippen LogP contribution < -0.4 is 0 Å². The van der Waals surface area contributed by atoms with Gasteiger partial charge in [-0.1, -0.05) is 0 Å². The van der Waals surface area contributed by atoms with Crippen LogP contribution in [0.25, 0.3) is 0 Å². The highest BCUT2D eigenvalue weighted by Gasteiger charge is 1.84. The van der Waals surface area contributed by atoms with Gasteiger partial charge in [0, 0.05) is 0 Å². The van der Waals surface area contributed by atoms with Gasteiger partial charge in [-0.15, -0.1) is 0 Å². The summed E-state index contributed by atoms with van der Waals surface area (Å²) in [6.07, 6.45) is -0.685. The first kappa shape index (κ1) is 4.92. The summed E-state index contributed by atoms with van der Waals surface area (Å²) < 4.78 is 0. The Morgan fingerprint density at radius 2 is 2.00 bits per heavy atom. The standard InChI is InChI=1S/C3H7O2/c1-3(5)2-4/h2-5H,1H3/t3-/m1/s1. The molecule has 5 heavy (non-hydrogen) atoms. The van der Waals surface area contributed by atoms with Gasteiger partial charge in [0.15, 0.2) is 0 Å². The summed E-state index contributed by atoms with van der Waals surface area (Å²) >= 11 is 0. The first-order chi connectivity index (χ1) is 2.27. The molecular weight excluding hydrogens is 68.0 g/mol. The maximum Gasteiger partial charge on any atom is 0.108 e. The third kappa shape index (κ3) is 3.92. The number of hydrogen-bond donors (Lipinski definition) is 2. The van der Waals surface area contributed by atoms with E-state index >= 15 is 0 Å². The second-order valence-electron chi connectivity index (χ2n) is 0.890. The molecule has 0 heterocycles. The minimum atomic E-state index is -0.685. The van der Waals surface area contributed by atoms with Crippen molar-refractivity contribution in [2.24, 2.45) is 0 Å². The summed E-state index contributed by atoms with van der Waals surface area (Å²) in [6.45, 7) is 2.19. The number of hydrogen-bond acceptors (Lipinski definition) is 2. The fourth-order valence-corrected chi connectivity index (χ4v) is 0. The molecule has 0 saturated heterocycles. The lowest BCUT2D eigenvalue weighted by Gasteiger charge is -1.88. The molecule has 0 rings (SSSR count). The minimum absolute atomic E-state index is 0.685. The lowest BCUT2D eigenvalue weighted by atomic mass is 10.5. The summed E-state index contributed by atoms with van der Waals surface area (Å²) in [6, 6.07) is 0. The molecule has 0 aromatic rings. The molecule has 0 aliphatic rings. The van der Waals surface area contributed by atoms with Crippen molar-refractivity contribution in [1.29, 1.82) is 0 Å². The smallest absolute Gasteiger partial charge is 0.108 e. The fourth-order valence-electron chi connectivity index (χ4n) is 0. The normalized spacial score (nSPS) is 15.0. The van der Waals surface area contributed by atoms with Crippen LogP contribution in [0, 0.1) is 6.61 Å². The molecule has 0 unspecified atom stereocenters. The van der Waals surface area contributed by atoms with E-state index in [4.69, 9.17) is 10.2 Å². The van der Waals surface area contributed by atoms with Gasteiger partial charge in [-0.2, -0.15) is 0 Å². The van der Waals surface area contributed by atoms with Crippen LogP contribution in [0.2, 0.25) is 0 Å². The van der Waals surface area contributed by atoms with Crippen molar-refractivity contribution in [2.45, 2.75) is 13.0 Å². The van der Waals surface area contributed by atoms with E-state index in [-0.39, 0.29) is 0 Å². The molecule has 0 aromatic carbocycles. The highest BCUT2D eigenvalue weighted by molar-refractivity contribution is 4.51. The average Bonchev–Trinajstić information content (AvgIpc) is 1.38. The predicted octanol–water partition coefficient (Wildman–Crippen LogP) is -0.0985. The summed E-state index contributed by atoms with van der Waals surface area (Å²) in [5.74, 6) is 0. The van der Waals surface area contributed by atoms with Crippen LogP contribution in [0.1, 0.15) is 6.92 Å². The highest BCUT2D eigenvalue weighted by atomic mass is 16.3. The van der Waals surface area contributed by atoms with Crippen molar-refractivity contribution in [3.05, 3.63) is 6.61 Å². The Morgan fingerprint density at radius 3 is 2.00 bits per heavy atom. The second kappa shape index (κ2) is 2.18. The molecule has 0 amide bonds. The first-order valence-corrected chi connectivity index (χ1v) is 1.43. The Labute approximate surface area is 31.1 Å². The molecule has 0 bridgehead atoms. The van der Waals surface area contributed by atoms with Gasteiger partial charge in [-0.05, 0) is 6.92 Å². The third-order valence-corrected chi connectivity index (χ3v) is 0.216. The molecule has 0 aliphatic carbocycles. The van der Waals surface area contributed by atoms with E-state index in [0.29, 0.717) is 0 Å². The number of aliphatic hydroxyl groups is 2. The third-order valence-electron chi connectivity index (χ3n) is 0.216. The quantitative estimate of drug-likeness (QED) is 0.457. The Kier molecular flexibility index (Phi) is 2.14. The average molecular weight is 75.1 g/mol. The van der Waals surface area contributed by atoms with Gasteiger partial charge in [0.1, 0.15) is 6.61 Å². The molecule has 1 radical (unpaired) electrons. The van der Waals surface area contributed by atoms with E-state index in [1.54, 1.807) is 0 Å². The van der Waals surface area contributed by atoms with Crippen LogP contribution in [0.3, 0.4) is 0 Å². The van der Waals surface area contributed by atoms with Crippen LogP contribution in [-0.2, 0) is 0 Å². The minimum Gasteiger partial charge on any atom is -0.391 e. The largest absolute Gasteiger partial charge is 0.391 e. The van der Waals surface area contributed by atoms with Crippen LogP contribution in [0.15, 0.2) is 0 Å². The number of rotatable bonds is 1. The molecule has 1 atom stereocenters. The molecule has 0 fully saturated rings. The zero-order chi connectivity index (χ0) is 4.28. The topological polar surface area (TPSA) is 40.5 Å². The molecular formula is C3H7O2. The highest BCUT2D eigenvalue weighted by Crippen LogP contribution is 1.75. The van der Waals surface area contributed by atoms with Crippen molar-refractivity contribution in [3.63, 3.8) is 0 Å². The van der Waals surface area contributed by atoms with E-state index in [9.17, 15) is 0 Å². The Bertz CT molecular complexity index is 18.9. The van der Waals surface area contributed by atoms with Crippen LogP contribution in [-0.4, -0.2) is 16.3 Å². The van der Waals surface area contributed by atoms with Crippen LogP contribution in [0.5, 0.6) is 0 Å². The summed E-state index contributed by atoms with van der Waals surface area (Å²) in [5, 5.41) is 15.8. The van der Waals surface area contributed by atoms with E-state index in [1.165, 1.54) is 6.92 Å². The van der Waals surface area contributed by atoms with Gasteiger partial charge in [0.25, 0.3) is 0 Å². The molecule has 0 aliphatic heterocycles. The predicted molar refractivity (Wildman–Crippen MR) is 17.9 cm³/mol. The zero-order valence-corrected chi connectivity index (χ0v) is 3.05. The molecule has 31 valence electrons. The Balaban J connectivity index is 2.54. The lowest BCUT2D eigenvalue weighted by molar-refractivity contribution is 0.161. The van der Waals surface area contributed by atoms with Crippen molar-refractivity contribution >= 4 is 0 Å². The molecule has 2 N–H and O–H groups in total. The summed E-state index contributed by atoms with van der Waals surface area (Å²) in [5.41, 5.74) is 0. The fraction of sp³-hybridized carbons (Fsp3) is 0.667. The summed E-state index contributed by atoms with van der Waals surface area (Å²) in [4.78, 5) is 0. The van der Waals surface area contributed by atoms with Gasteiger partial charge in [-0.25, -0.2) is 0 Å². The zero-order valence-electron chi connectivity index (χ0n) is 3.05. The van der Waals surface area contributed by atoms with Gasteiger partial charge >= 0.3 is 0 Å². The summed E-state index contributed by atoms with van der Waals surface area (Å²) in [7, 11) is 0. The van der Waals surface area contributed by atoms with E-state index in [1.807, 2.05) is 0 Å². The second-order valence-corrected chi connectivity index (χ2v) is 0.890. The lowest BCUT2D eigenvalue weighted by Crippen LogP contribution is -1.96. The molecule has 2 nitrogen and oxygen atoms in total. The number of aliphatic hydroxyl groups excluding tert-OH is 2.